The molecule has 0 radical (unpaired) electrons. The summed E-state index contributed by atoms with van der Waals surface area (Å²) in [7, 11) is -1.30. The quantitative estimate of drug-likeness (QED) is 0.446. The van der Waals surface area contributed by atoms with Gasteiger partial charge in [-0.2, -0.15) is 0 Å². The number of aromatic nitrogens is 4. The lowest BCUT2D eigenvalue weighted by Gasteiger charge is -2.09. The number of hydrogen-bond donors (Lipinski definition) is 2. The van der Waals surface area contributed by atoms with E-state index in [0.717, 1.165) is 12.5 Å². The van der Waals surface area contributed by atoms with Crippen LogP contribution in [0.5, 0.6) is 5.75 Å². The highest BCUT2D eigenvalue weighted by Crippen LogP contribution is 2.24. The van der Waals surface area contributed by atoms with E-state index in [1.807, 2.05) is 6.92 Å². The van der Waals surface area contributed by atoms with E-state index in [4.69, 9.17) is 14.6 Å². The Morgan fingerprint density at radius 3 is 2.62 bits per heavy atom. The van der Waals surface area contributed by atoms with Crippen molar-refractivity contribution in [3.8, 4) is 5.75 Å². The highest BCUT2D eigenvalue weighted by Gasteiger charge is 2.21. The highest BCUT2D eigenvalue weighted by molar-refractivity contribution is 7.89. The van der Waals surface area contributed by atoms with Gasteiger partial charge in [-0.3, -0.25) is 14.3 Å². The number of primary sulfonamides is 1. The van der Waals surface area contributed by atoms with Crippen LogP contribution in [0.2, 0.25) is 0 Å². The number of fused-ring (bicyclic) bond motifs is 1. The maximum Gasteiger partial charge on any atom is 0.338 e. The number of nitrogens with two attached hydrogens (primary N) is 1. The molecule has 1 aromatic carbocycles. The van der Waals surface area contributed by atoms with Crippen LogP contribution in [0.25, 0.3) is 11.2 Å². The molecule has 0 aliphatic carbocycles. The Labute approximate surface area is 182 Å². The number of methoxy groups -OCH3 is 1. The average Bonchev–Trinajstić information content (AvgIpc) is 3.07. The molecule has 0 saturated carbocycles. The molecule has 32 heavy (non-hydrogen) atoms. The van der Waals surface area contributed by atoms with Crippen LogP contribution in [0, 0.1) is 0 Å². The van der Waals surface area contributed by atoms with Crippen LogP contribution in [0.3, 0.4) is 0 Å². The van der Waals surface area contributed by atoms with E-state index < -0.39 is 27.2 Å². The summed E-state index contributed by atoms with van der Waals surface area (Å²) in [5, 5.41) is 5.17. The number of carbonyl (C=O) groups is 1. The van der Waals surface area contributed by atoms with Crippen molar-refractivity contribution in [1.82, 2.24) is 19.1 Å². The van der Waals surface area contributed by atoms with Gasteiger partial charge in [0.15, 0.2) is 11.2 Å². The van der Waals surface area contributed by atoms with Crippen molar-refractivity contribution in [3.05, 3.63) is 50.4 Å². The van der Waals surface area contributed by atoms with Crippen LogP contribution in [0.1, 0.15) is 35.9 Å². The van der Waals surface area contributed by atoms with Crippen LogP contribution in [0.4, 0.5) is 0 Å². The number of hydrogen-bond acceptors (Lipinski definition) is 8. The normalized spacial score (nSPS) is 11.6. The lowest BCUT2D eigenvalue weighted by molar-refractivity contribution is 0.0459. The summed E-state index contributed by atoms with van der Waals surface area (Å²) in [5.74, 6) is -0.611. The SMILES string of the molecule is CCCCn1c(=O)[nH]c(=O)c2c1nc(COC(=O)c1ccc(OC)c(S(N)(=O)=O)c1)n2C. The number of nitrogens with one attached hydrogen (secondary N) is 1. The van der Waals surface area contributed by atoms with Crippen molar-refractivity contribution in [2.24, 2.45) is 12.2 Å². The summed E-state index contributed by atoms with van der Waals surface area (Å²) in [4.78, 5) is 43.2. The third-order valence-electron chi connectivity index (χ3n) is 4.88. The second kappa shape index (κ2) is 8.96. The number of aryl methyl sites for hydroxylation is 2. The van der Waals surface area contributed by atoms with Gasteiger partial charge in [0.1, 0.15) is 23.1 Å². The summed E-state index contributed by atoms with van der Waals surface area (Å²) >= 11 is 0. The lowest BCUT2D eigenvalue weighted by Crippen LogP contribution is -2.31. The van der Waals surface area contributed by atoms with Gasteiger partial charge in [-0.25, -0.2) is 28.1 Å². The second-order valence-corrected chi connectivity index (χ2v) is 8.54. The molecular weight excluding hydrogens is 442 g/mol. The van der Waals surface area contributed by atoms with E-state index in [2.05, 4.69) is 9.97 Å². The van der Waals surface area contributed by atoms with Gasteiger partial charge >= 0.3 is 11.7 Å². The maximum atomic E-state index is 12.5. The molecule has 2 heterocycles. The molecule has 0 amide bonds. The van der Waals surface area contributed by atoms with Crippen molar-refractivity contribution < 1.29 is 22.7 Å². The lowest BCUT2D eigenvalue weighted by atomic mass is 10.2. The summed E-state index contributed by atoms with van der Waals surface area (Å²) in [6.45, 7) is 2.03. The molecule has 3 rings (SSSR count). The third-order valence-corrected chi connectivity index (χ3v) is 5.81. The first-order chi connectivity index (χ1) is 15.1. The fourth-order valence-corrected chi connectivity index (χ4v) is 3.91. The Morgan fingerprint density at radius 1 is 1.28 bits per heavy atom. The molecule has 12 nitrogen and oxygen atoms in total. The molecule has 0 spiro atoms. The first kappa shape index (κ1) is 23.2. The fourth-order valence-electron chi connectivity index (χ4n) is 3.18. The van der Waals surface area contributed by atoms with Crippen molar-refractivity contribution in [3.63, 3.8) is 0 Å². The van der Waals surface area contributed by atoms with Gasteiger partial charge in [-0.15, -0.1) is 0 Å². The van der Waals surface area contributed by atoms with Gasteiger partial charge in [-0.05, 0) is 24.6 Å². The van der Waals surface area contributed by atoms with E-state index in [1.165, 1.54) is 28.4 Å². The number of H-pyrrole nitrogens is 1. The predicted octanol–water partition coefficient (Wildman–Crippen LogP) is 0.236. The maximum absolute atomic E-state index is 12.5. The van der Waals surface area contributed by atoms with Gasteiger partial charge in [-0.1, -0.05) is 13.3 Å². The molecule has 0 aliphatic heterocycles. The van der Waals surface area contributed by atoms with Crippen molar-refractivity contribution in [2.75, 3.05) is 7.11 Å². The minimum Gasteiger partial charge on any atom is -0.495 e. The Morgan fingerprint density at radius 2 is 2.00 bits per heavy atom. The molecule has 0 saturated heterocycles. The van der Waals surface area contributed by atoms with Gasteiger partial charge < -0.3 is 14.0 Å². The number of sulfonamides is 1. The van der Waals surface area contributed by atoms with Gasteiger partial charge in [0.2, 0.25) is 10.0 Å². The summed E-state index contributed by atoms with van der Waals surface area (Å²) in [5.41, 5.74) is -0.856. The molecular formula is C19H23N5O7S. The largest absolute Gasteiger partial charge is 0.495 e. The van der Waals surface area contributed by atoms with Crippen LogP contribution >= 0.6 is 0 Å². The number of carbonyl (C=O) groups excluding carboxylic acids is 1. The van der Waals surface area contributed by atoms with E-state index in [9.17, 15) is 22.8 Å². The van der Waals surface area contributed by atoms with Crippen molar-refractivity contribution in [1.29, 1.82) is 0 Å². The first-order valence-electron chi connectivity index (χ1n) is 9.64. The minimum absolute atomic E-state index is 0.0105. The monoisotopic (exact) mass is 465 g/mol. The molecule has 3 aromatic rings. The second-order valence-electron chi connectivity index (χ2n) is 7.01. The topological polar surface area (TPSA) is 168 Å². The van der Waals surface area contributed by atoms with Gasteiger partial charge in [0.05, 0.1) is 12.7 Å². The highest BCUT2D eigenvalue weighted by atomic mass is 32.2. The van der Waals surface area contributed by atoms with Gasteiger partial charge in [0, 0.05) is 13.6 Å². The zero-order valence-electron chi connectivity index (χ0n) is 17.7. The van der Waals surface area contributed by atoms with Crippen molar-refractivity contribution >= 4 is 27.2 Å². The van der Waals surface area contributed by atoms with E-state index in [1.54, 1.807) is 7.05 Å². The number of aromatic amines is 1. The predicted molar refractivity (Wildman–Crippen MR) is 114 cm³/mol. The minimum atomic E-state index is -4.13. The third kappa shape index (κ3) is 4.43. The van der Waals surface area contributed by atoms with E-state index >= 15 is 0 Å². The van der Waals surface area contributed by atoms with E-state index in [-0.39, 0.29) is 39.8 Å². The van der Waals surface area contributed by atoms with Gasteiger partial charge in [0.25, 0.3) is 5.56 Å². The number of imidazole rings is 1. The number of esters is 1. The van der Waals surface area contributed by atoms with E-state index in [0.29, 0.717) is 13.0 Å². The van der Waals surface area contributed by atoms with Crippen molar-refractivity contribution in [2.45, 2.75) is 37.8 Å². The number of nitrogens with zero attached hydrogens (tertiary/aromatic N) is 3. The summed E-state index contributed by atoms with van der Waals surface area (Å²) in [6.07, 6.45) is 1.55. The Kier molecular flexibility index (Phi) is 6.50. The molecule has 13 heteroatoms. The molecule has 0 bridgehead atoms. The number of unbranched alkanes of at least 4 members (excludes halogenated alkanes) is 1. The zero-order chi connectivity index (χ0) is 23.6. The van der Waals surface area contributed by atoms with Crippen LogP contribution in [-0.2, 0) is 35.0 Å². The Bertz CT molecular complexity index is 1400. The zero-order valence-corrected chi connectivity index (χ0v) is 18.6. The Balaban J connectivity index is 1.92. The molecule has 3 N–H and O–H groups in total. The smallest absolute Gasteiger partial charge is 0.338 e. The molecule has 0 unspecified atom stereocenters. The average molecular weight is 465 g/mol. The Hall–Kier alpha value is -3.45. The summed E-state index contributed by atoms with van der Waals surface area (Å²) in [6, 6.07) is 3.67. The van der Waals surface area contributed by atoms with Crippen LogP contribution in [0.15, 0.2) is 32.7 Å². The van der Waals surface area contributed by atoms with Crippen LogP contribution in [-0.4, -0.2) is 40.6 Å². The fraction of sp³-hybridized carbons (Fsp3) is 0.368. The number of rotatable bonds is 8. The summed E-state index contributed by atoms with van der Waals surface area (Å²) < 4.78 is 36.5. The standard InChI is InChI=1S/C19H23N5O7S/c1-4-5-8-24-16-15(17(25)22-19(24)27)23(2)14(21-16)10-31-18(26)11-6-7-12(30-3)13(9-11)32(20,28)29/h6-7,9H,4-5,8,10H2,1-3H3,(H2,20,28,29)(H,22,25,27). The number of benzene rings is 1. The molecule has 2 aromatic heterocycles. The van der Waals surface area contributed by atoms with Crippen LogP contribution < -0.4 is 21.1 Å². The molecule has 0 aliphatic rings. The molecule has 0 atom stereocenters. The number of ether oxygens (including phenoxy) is 2. The molecule has 172 valence electrons. The molecule has 0 fully saturated rings. The first-order valence-corrected chi connectivity index (χ1v) is 11.2.